The summed E-state index contributed by atoms with van der Waals surface area (Å²) in [7, 11) is 0. The topological polar surface area (TPSA) is 80.9 Å². The third-order valence-corrected chi connectivity index (χ3v) is 9.45. The standard InChI is InChI=1S/4C9H18O.Ti/c4*1-7-4-8(10)6-9(2,3)5-7;/h4*7-8,10H,4-6H2,1-3H3;. The molecule has 5 heteroatoms. The van der Waals surface area contributed by atoms with Crippen LogP contribution in [0.15, 0.2) is 0 Å². The van der Waals surface area contributed by atoms with Gasteiger partial charge in [0.25, 0.3) is 0 Å². The Labute approximate surface area is 271 Å². The van der Waals surface area contributed by atoms with Crippen LogP contribution < -0.4 is 0 Å². The molecule has 4 nitrogen and oxygen atoms in total. The zero-order valence-corrected chi connectivity index (χ0v) is 31.0. The van der Waals surface area contributed by atoms with Gasteiger partial charge >= 0.3 is 0 Å². The molecule has 4 fully saturated rings. The molecule has 4 aliphatic carbocycles. The Morgan fingerprint density at radius 1 is 0.341 bits per heavy atom. The van der Waals surface area contributed by atoms with Crippen LogP contribution in [-0.4, -0.2) is 44.8 Å². The van der Waals surface area contributed by atoms with Gasteiger partial charge in [0.15, 0.2) is 0 Å². The van der Waals surface area contributed by atoms with Gasteiger partial charge in [-0.1, -0.05) is 83.1 Å². The minimum absolute atomic E-state index is 0. The fourth-order valence-electron chi connectivity index (χ4n) is 9.18. The van der Waals surface area contributed by atoms with Crippen LogP contribution in [0.1, 0.15) is 160 Å². The quantitative estimate of drug-likeness (QED) is 0.205. The molecule has 4 aliphatic rings. The first kappa shape index (κ1) is 41.6. The minimum Gasteiger partial charge on any atom is -0.393 e. The summed E-state index contributed by atoms with van der Waals surface area (Å²) >= 11 is 0. The van der Waals surface area contributed by atoms with Crippen molar-refractivity contribution >= 4 is 0 Å². The first-order chi connectivity index (χ1) is 18.0. The van der Waals surface area contributed by atoms with Crippen molar-refractivity contribution in [1.29, 1.82) is 0 Å². The van der Waals surface area contributed by atoms with E-state index in [2.05, 4.69) is 83.1 Å². The van der Waals surface area contributed by atoms with E-state index in [1.165, 1.54) is 25.7 Å². The van der Waals surface area contributed by atoms with Gasteiger partial charge in [0, 0.05) is 21.7 Å². The van der Waals surface area contributed by atoms with Gasteiger partial charge in [0.05, 0.1) is 24.4 Å². The molecule has 0 bridgehead atoms. The van der Waals surface area contributed by atoms with Gasteiger partial charge in [-0.05, 0) is 122 Å². The van der Waals surface area contributed by atoms with E-state index in [4.69, 9.17) is 0 Å². The molecule has 4 saturated carbocycles. The summed E-state index contributed by atoms with van der Waals surface area (Å²) in [6, 6.07) is 0. The second-order valence-corrected chi connectivity index (χ2v) is 18.3. The maximum Gasteiger partial charge on any atom is 0.0547 e. The van der Waals surface area contributed by atoms with Gasteiger partial charge in [-0.25, -0.2) is 0 Å². The van der Waals surface area contributed by atoms with Crippen molar-refractivity contribution < 1.29 is 42.1 Å². The molecule has 0 amide bonds. The van der Waals surface area contributed by atoms with E-state index in [1.54, 1.807) is 0 Å². The molecule has 0 aromatic heterocycles. The Morgan fingerprint density at radius 2 is 0.488 bits per heavy atom. The average molecular weight is 617 g/mol. The molecule has 0 radical (unpaired) electrons. The van der Waals surface area contributed by atoms with Crippen LogP contribution in [-0.2, 0) is 21.7 Å². The van der Waals surface area contributed by atoms with E-state index >= 15 is 0 Å². The van der Waals surface area contributed by atoms with Crippen molar-refractivity contribution in [3.63, 3.8) is 0 Å². The zero-order valence-electron chi connectivity index (χ0n) is 29.4. The number of aliphatic hydroxyl groups is 4. The van der Waals surface area contributed by atoms with Crippen LogP contribution in [0.25, 0.3) is 0 Å². The van der Waals surface area contributed by atoms with E-state index in [0.717, 1.165) is 51.4 Å². The van der Waals surface area contributed by atoms with E-state index in [9.17, 15) is 20.4 Å². The molecule has 0 aromatic rings. The predicted molar refractivity (Wildman–Crippen MR) is 171 cm³/mol. The summed E-state index contributed by atoms with van der Waals surface area (Å²) in [4.78, 5) is 0. The van der Waals surface area contributed by atoms with Crippen LogP contribution in [0.3, 0.4) is 0 Å². The van der Waals surface area contributed by atoms with Crippen molar-refractivity contribution in [2.45, 2.75) is 185 Å². The molecule has 244 valence electrons. The Hall–Kier alpha value is 0.554. The maximum atomic E-state index is 9.42. The van der Waals surface area contributed by atoms with E-state index in [1.807, 2.05) is 0 Å². The minimum atomic E-state index is -0.0428. The van der Waals surface area contributed by atoms with Crippen molar-refractivity contribution in [2.75, 3.05) is 0 Å². The molecular formula is C36H72O4Ti. The molecule has 8 unspecified atom stereocenters. The maximum absolute atomic E-state index is 9.42. The van der Waals surface area contributed by atoms with Gasteiger partial charge in [0.1, 0.15) is 0 Å². The monoisotopic (exact) mass is 616 g/mol. The molecule has 4 rings (SSSR count). The molecule has 0 aromatic carbocycles. The molecule has 0 saturated heterocycles. The van der Waals surface area contributed by atoms with Crippen LogP contribution in [0.2, 0.25) is 0 Å². The third-order valence-electron chi connectivity index (χ3n) is 9.45. The fraction of sp³-hybridized carbons (Fsp3) is 1.00. The predicted octanol–water partition coefficient (Wildman–Crippen LogP) is 8.77. The summed E-state index contributed by atoms with van der Waals surface area (Å²) in [5.41, 5.74) is 1.49. The number of rotatable bonds is 0. The summed E-state index contributed by atoms with van der Waals surface area (Å²) in [6.07, 6.45) is 12.8. The van der Waals surface area contributed by atoms with Crippen molar-refractivity contribution in [3.05, 3.63) is 0 Å². The van der Waals surface area contributed by atoms with Gasteiger partial charge in [-0.15, -0.1) is 0 Å². The Bertz CT molecular complexity index is 550. The summed E-state index contributed by atoms with van der Waals surface area (Å²) in [5.74, 6) is 2.83. The Kier molecular flexibility index (Phi) is 17.5. The van der Waals surface area contributed by atoms with Gasteiger partial charge in [-0.2, -0.15) is 0 Å². The Balaban J connectivity index is 0.000000516. The second-order valence-electron chi connectivity index (χ2n) is 18.3. The summed E-state index contributed by atoms with van der Waals surface area (Å²) < 4.78 is 0. The molecule has 4 N–H and O–H groups in total. The fourth-order valence-corrected chi connectivity index (χ4v) is 9.18. The first-order valence-electron chi connectivity index (χ1n) is 16.7. The number of aliphatic hydroxyl groups excluding tert-OH is 4. The van der Waals surface area contributed by atoms with Crippen molar-refractivity contribution in [1.82, 2.24) is 0 Å². The van der Waals surface area contributed by atoms with E-state index in [0.29, 0.717) is 45.3 Å². The third kappa shape index (κ3) is 18.8. The van der Waals surface area contributed by atoms with Crippen LogP contribution >= 0.6 is 0 Å². The molecule has 0 spiro atoms. The largest absolute Gasteiger partial charge is 0.393 e. The van der Waals surface area contributed by atoms with Crippen molar-refractivity contribution in [2.24, 2.45) is 45.3 Å². The Morgan fingerprint density at radius 3 is 0.585 bits per heavy atom. The van der Waals surface area contributed by atoms with Gasteiger partial charge < -0.3 is 20.4 Å². The SMILES string of the molecule is CC1CC(O)CC(C)(C)C1.CC1CC(O)CC(C)(C)C1.CC1CC(O)CC(C)(C)C1.CC1CC(O)CC(C)(C)C1.[Ti]. The van der Waals surface area contributed by atoms with Crippen molar-refractivity contribution in [3.8, 4) is 0 Å². The molecule has 0 heterocycles. The van der Waals surface area contributed by atoms with Crippen LogP contribution in [0, 0.1) is 45.3 Å². The van der Waals surface area contributed by atoms with E-state index < -0.39 is 0 Å². The van der Waals surface area contributed by atoms with Gasteiger partial charge in [0.2, 0.25) is 0 Å². The molecular weight excluding hydrogens is 544 g/mol. The van der Waals surface area contributed by atoms with Crippen LogP contribution in [0.4, 0.5) is 0 Å². The van der Waals surface area contributed by atoms with E-state index in [-0.39, 0.29) is 46.1 Å². The first-order valence-corrected chi connectivity index (χ1v) is 16.7. The summed E-state index contributed by atoms with van der Waals surface area (Å²) in [6.45, 7) is 26.8. The number of hydrogen-bond acceptors (Lipinski definition) is 4. The summed E-state index contributed by atoms with van der Waals surface area (Å²) in [5, 5.41) is 37.7. The second kappa shape index (κ2) is 17.3. The smallest absolute Gasteiger partial charge is 0.0547 e. The zero-order chi connectivity index (χ0) is 31.1. The molecule has 8 atom stereocenters. The van der Waals surface area contributed by atoms with Crippen LogP contribution in [0.5, 0.6) is 0 Å². The molecule has 0 aliphatic heterocycles. The number of hydrogen-bond donors (Lipinski definition) is 4. The van der Waals surface area contributed by atoms with Gasteiger partial charge in [-0.3, -0.25) is 0 Å². The molecule has 41 heavy (non-hydrogen) atoms. The average Bonchev–Trinajstić information content (AvgIpc) is 2.60. The normalized spacial score (nSPS) is 38.6.